The summed E-state index contributed by atoms with van der Waals surface area (Å²) in [6.45, 7) is 8.72. The zero-order valence-electron chi connectivity index (χ0n) is 10.3. The molecular weight excluding hydrogens is 188 g/mol. The fourth-order valence-corrected chi connectivity index (χ4v) is 2.52. The van der Waals surface area contributed by atoms with Crippen molar-refractivity contribution < 1.29 is 9.53 Å². The van der Waals surface area contributed by atoms with E-state index in [1.807, 2.05) is 6.92 Å². The minimum absolute atomic E-state index is 0.00273. The van der Waals surface area contributed by atoms with Crippen LogP contribution in [0.5, 0.6) is 0 Å². The Morgan fingerprint density at radius 1 is 1.40 bits per heavy atom. The van der Waals surface area contributed by atoms with E-state index in [4.69, 9.17) is 4.74 Å². The number of carbonyl (C=O) groups excluding carboxylic acids is 1. The van der Waals surface area contributed by atoms with Gasteiger partial charge in [-0.15, -0.1) is 0 Å². The van der Waals surface area contributed by atoms with E-state index in [-0.39, 0.29) is 11.4 Å². The summed E-state index contributed by atoms with van der Waals surface area (Å²) < 4.78 is 5.22. The summed E-state index contributed by atoms with van der Waals surface area (Å²) in [5.74, 6) is -0.0616. The second kappa shape index (κ2) is 4.38. The molecule has 15 heavy (non-hydrogen) atoms. The van der Waals surface area contributed by atoms with Crippen LogP contribution in [0.3, 0.4) is 0 Å². The Morgan fingerprint density at radius 2 is 2.07 bits per heavy atom. The van der Waals surface area contributed by atoms with Crippen LogP contribution in [0.1, 0.15) is 47.0 Å². The van der Waals surface area contributed by atoms with Crippen molar-refractivity contribution >= 4 is 5.97 Å². The van der Waals surface area contributed by atoms with Crippen LogP contribution in [0, 0.1) is 10.8 Å². The van der Waals surface area contributed by atoms with Gasteiger partial charge in [-0.25, -0.2) is 0 Å². The highest BCUT2D eigenvalue weighted by atomic mass is 16.5. The van der Waals surface area contributed by atoms with Crippen LogP contribution in [0.15, 0.2) is 12.2 Å². The van der Waals surface area contributed by atoms with Gasteiger partial charge in [-0.3, -0.25) is 4.79 Å². The van der Waals surface area contributed by atoms with Gasteiger partial charge in [0.05, 0.1) is 12.0 Å². The van der Waals surface area contributed by atoms with Crippen molar-refractivity contribution in [2.24, 2.45) is 10.8 Å². The maximum atomic E-state index is 12.1. The molecule has 0 fully saturated rings. The molecule has 0 saturated heterocycles. The SMILES string of the molecule is CCOC(=O)C1(CC)C=CCCC1(C)C. The van der Waals surface area contributed by atoms with Gasteiger partial charge in [0.15, 0.2) is 0 Å². The summed E-state index contributed by atoms with van der Waals surface area (Å²) in [4.78, 5) is 12.1. The predicted octanol–water partition coefficient (Wildman–Crippen LogP) is 3.32. The highest BCUT2D eigenvalue weighted by Crippen LogP contribution is 2.49. The summed E-state index contributed by atoms with van der Waals surface area (Å²) in [7, 11) is 0. The quantitative estimate of drug-likeness (QED) is 0.527. The lowest BCUT2D eigenvalue weighted by molar-refractivity contribution is -0.160. The molecule has 0 aromatic heterocycles. The molecule has 0 aromatic carbocycles. The van der Waals surface area contributed by atoms with Crippen LogP contribution in [0.2, 0.25) is 0 Å². The number of carbonyl (C=O) groups is 1. The minimum atomic E-state index is -0.415. The fourth-order valence-electron chi connectivity index (χ4n) is 2.52. The third-order valence-electron chi connectivity index (χ3n) is 3.74. The number of esters is 1. The van der Waals surface area contributed by atoms with Crippen LogP contribution >= 0.6 is 0 Å². The number of allylic oxidation sites excluding steroid dienone is 1. The molecule has 0 aliphatic heterocycles. The van der Waals surface area contributed by atoms with E-state index in [2.05, 4.69) is 32.9 Å². The minimum Gasteiger partial charge on any atom is -0.465 e. The molecule has 1 aliphatic rings. The van der Waals surface area contributed by atoms with E-state index < -0.39 is 5.41 Å². The first-order valence-corrected chi connectivity index (χ1v) is 5.85. The second-order valence-electron chi connectivity index (χ2n) is 4.87. The lowest BCUT2D eigenvalue weighted by Gasteiger charge is -2.44. The zero-order valence-corrected chi connectivity index (χ0v) is 10.3. The molecule has 2 nitrogen and oxygen atoms in total. The Morgan fingerprint density at radius 3 is 2.53 bits per heavy atom. The molecule has 1 rings (SSSR count). The first-order valence-electron chi connectivity index (χ1n) is 5.85. The summed E-state index contributed by atoms with van der Waals surface area (Å²) in [6.07, 6.45) is 7.11. The highest BCUT2D eigenvalue weighted by molar-refractivity contribution is 5.80. The van der Waals surface area contributed by atoms with E-state index in [0.717, 1.165) is 19.3 Å². The van der Waals surface area contributed by atoms with Gasteiger partial charge in [0.1, 0.15) is 0 Å². The van der Waals surface area contributed by atoms with Crippen molar-refractivity contribution in [3.05, 3.63) is 12.2 Å². The Kier molecular flexibility index (Phi) is 3.58. The average molecular weight is 210 g/mol. The Labute approximate surface area is 92.7 Å². The molecule has 0 bridgehead atoms. The standard InChI is InChI=1S/C13H22O2/c1-5-13(11(14)15-6-2)10-8-7-9-12(13,3)4/h8,10H,5-7,9H2,1-4H3. The number of hydrogen-bond acceptors (Lipinski definition) is 2. The molecule has 0 amide bonds. The van der Waals surface area contributed by atoms with Gasteiger partial charge >= 0.3 is 5.97 Å². The third-order valence-corrected chi connectivity index (χ3v) is 3.74. The molecule has 1 atom stereocenters. The van der Waals surface area contributed by atoms with E-state index in [9.17, 15) is 4.79 Å². The van der Waals surface area contributed by atoms with Crippen molar-refractivity contribution in [3.8, 4) is 0 Å². The molecule has 0 saturated carbocycles. The summed E-state index contributed by atoms with van der Waals surface area (Å²) >= 11 is 0. The smallest absolute Gasteiger partial charge is 0.316 e. The zero-order chi connectivity index (χ0) is 11.5. The van der Waals surface area contributed by atoms with Crippen molar-refractivity contribution in [1.82, 2.24) is 0 Å². The van der Waals surface area contributed by atoms with Crippen LogP contribution in [0.4, 0.5) is 0 Å². The van der Waals surface area contributed by atoms with Crippen molar-refractivity contribution in [2.75, 3.05) is 6.61 Å². The van der Waals surface area contributed by atoms with E-state index in [1.54, 1.807) is 0 Å². The summed E-state index contributed by atoms with van der Waals surface area (Å²) in [5.41, 5.74) is -0.413. The molecule has 86 valence electrons. The van der Waals surface area contributed by atoms with Crippen LogP contribution in [-0.2, 0) is 9.53 Å². The van der Waals surface area contributed by atoms with Crippen molar-refractivity contribution in [2.45, 2.75) is 47.0 Å². The van der Waals surface area contributed by atoms with Crippen molar-refractivity contribution in [3.63, 3.8) is 0 Å². The molecule has 0 N–H and O–H groups in total. The van der Waals surface area contributed by atoms with E-state index in [0.29, 0.717) is 6.61 Å². The van der Waals surface area contributed by atoms with E-state index in [1.165, 1.54) is 0 Å². The Balaban J connectivity index is 3.05. The van der Waals surface area contributed by atoms with Gasteiger partial charge in [0.25, 0.3) is 0 Å². The normalized spacial score (nSPS) is 28.8. The van der Waals surface area contributed by atoms with Crippen LogP contribution in [0.25, 0.3) is 0 Å². The Hall–Kier alpha value is -0.790. The van der Waals surface area contributed by atoms with Gasteiger partial charge < -0.3 is 4.74 Å². The topological polar surface area (TPSA) is 26.3 Å². The largest absolute Gasteiger partial charge is 0.465 e. The lowest BCUT2D eigenvalue weighted by Crippen LogP contribution is -2.45. The van der Waals surface area contributed by atoms with Gasteiger partial charge in [-0.2, -0.15) is 0 Å². The molecule has 1 aliphatic carbocycles. The maximum Gasteiger partial charge on any atom is 0.316 e. The molecule has 0 aromatic rings. The highest BCUT2D eigenvalue weighted by Gasteiger charge is 2.49. The van der Waals surface area contributed by atoms with Crippen LogP contribution < -0.4 is 0 Å². The summed E-state index contributed by atoms with van der Waals surface area (Å²) in [5, 5.41) is 0. The first kappa shape index (κ1) is 12.3. The third kappa shape index (κ3) is 1.95. The summed E-state index contributed by atoms with van der Waals surface area (Å²) in [6, 6.07) is 0. The second-order valence-corrected chi connectivity index (χ2v) is 4.87. The van der Waals surface area contributed by atoms with E-state index >= 15 is 0 Å². The van der Waals surface area contributed by atoms with Crippen LogP contribution in [-0.4, -0.2) is 12.6 Å². The Bertz CT molecular complexity index is 266. The monoisotopic (exact) mass is 210 g/mol. The lowest BCUT2D eigenvalue weighted by atomic mass is 9.59. The van der Waals surface area contributed by atoms with Gasteiger partial charge in [0.2, 0.25) is 0 Å². The van der Waals surface area contributed by atoms with Crippen molar-refractivity contribution in [1.29, 1.82) is 0 Å². The number of hydrogen-bond donors (Lipinski definition) is 0. The van der Waals surface area contributed by atoms with Gasteiger partial charge in [-0.05, 0) is 31.6 Å². The molecule has 2 heteroatoms. The predicted molar refractivity (Wildman–Crippen MR) is 61.5 cm³/mol. The molecule has 1 unspecified atom stereocenters. The molecular formula is C13H22O2. The van der Waals surface area contributed by atoms with Gasteiger partial charge in [-0.1, -0.05) is 32.9 Å². The molecule has 0 spiro atoms. The fraction of sp³-hybridized carbons (Fsp3) is 0.769. The maximum absolute atomic E-state index is 12.1. The molecule has 0 heterocycles. The first-order chi connectivity index (χ1) is 7.00. The number of rotatable bonds is 3. The number of ether oxygens (including phenoxy) is 1. The molecule has 0 radical (unpaired) electrons. The average Bonchev–Trinajstić information content (AvgIpc) is 2.18. The van der Waals surface area contributed by atoms with Gasteiger partial charge in [0, 0.05) is 0 Å².